The van der Waals surface area contributed by atoms with Crippen molar-refractivity contribution >= 4 is 40.0 Å². The highest BCUT2D eigenvalue weighted by Crippen LogP contribution is 2.21. The first-order valence-electron chi connectivity index (χ1n) is 10.0. The Morgan fingerprint density at radius 1 is 1.17 bits per heavy atom. The lowest BCUT2D eigenvalue weighted by molar-refractivity contribution is 0.346. The minimum atomic E-state index is -3.42. The molecule has 0 unspecified atom stereocenters. The third kappa shape index (κ3) is 5.98. The summed E-state index contributed by atoms with van der Waals surface area (Å²) >= 11 is 0. The van der Waals surface area contributed by atoms with Crippen LogP contribution in [0.3, 0.4) is 0 Å². The average Bonchev–Trinajstić information content (AvgIpc) is 3.13. The van der Waals surface area contributed by atoms with E-state index in [0.29, 0.717) is 24.5 Å². The standard InChI is InChI=1S/C21H31N5O2S.HI/c1-22-21(25(3)17-19-10-8-12-24(19)2)23-16-18-9-7-11-20(15-18)29(27,28)26-13-5-4-6-14-26;/h7-12,15H,4-6,13-14,16-17H2,1-3H3,(H,22,23);1H. The van der Waals surface area contributed by atoms with Crippen LogP contribution in [0.4, 0.5) is 0 Å². The molecule has 30 heavy (non-hydrogen) atoms. The van der Waals surface area contributed by atoms with Gasteiger partial charge in [0, 0.05) is 52.7 Å². The summed E-state index contributed by atoms with van der Waals surface area (Å²) in [6.07, 6.45) is 4.99. The molecule has 0 spiro atoms. The fraction of sp³-hybridized carbons (Fsp3) is 0.476. The zero-order valence-electron chi connectivity index (χ0n) is 17.9. The highest BCUT2D eigenvalue weighted by atomic mass is 127. The van der Waals surface area contributed by atoms with E-state index in [-0.39, 0.29) is 24.0 Å². The van der Waals surface area contributed by atoms with Gasteiger partial charge in [0.25, 0.3) is 0 Å². The zero-order valence-corrected chi connectivity index (χ0v) is 21.1. The van der Waals surface area contributed by atoms with E-state index >= 15 is 0 Å². The largest absolute Gasteiger partial charge is 0.353 e. The van der Waals surface area contributed by atoms with Crippen LogP contribution in [-0.2, 0) is 30.2 Å². The molecule has 0 aliphatic carbocycles. The van der Waals surface area contributed by atoms with Gasteiger partial charge in [0.15, 0.2) is 5.96 Å². The number of halogens is 1. The van der Waals surface area contributed by atoms with E-state index < -0.39 is 10.0 Å². The molecule has 166 valence electrons. The van der Waals surface area contributed by atoms with Crippen LogP contribution in [0.1, 0.15) is 30.5 Å². The second kappa shape index (κ2) is 11.1. The first-order valence-corrected chi connectivity index (χ1v) is 11.5. The van der Waals surface area contributed by atoms with Crippen molar-refractivity contribution < 1.29 is 8.42 Å². The van der Waals surface area contributed by atoms with Gasteiger partial charge >= 0.3 is 0 Å². The minimum Gasteiger partial charge on any atom is -0.353 e. The predicted octanol–water partition coefficient (Wildman–Crippen LogP) is 3.03. The Kier molecular flexibility index (Phi) is 9.17. The number of hydrogen-bond donors (Lipinski definition) is 1. The molecule has 0 saturated carbocycles. The van der Waals surface area contributed by atoms with Crippen molar-refractivity contribution in [2.45, 2.75) is 37.2 Å². The topological polar surface area (TPSA) is 69.9 Å². The molecule has 1 aromatic carbocycles. The maximum Gasteiger partial charge on any atom is 0.243 e. The molecule has 1 fully saturated rings. The molecule has 2 aromatic rings. The van der Waals surface area contributed by atoms with Gasteiger partial charge in [-0.15, -0.1) is 24.0 Å². The number of aromatic nitrogens is 1. The Labute approximate surface area is 197 Å². The summed E-state index contributed by atoms with van der Waals surface area (Å²) in [4.78, 5) is 6.77. The Morgan fingerprint density at radius 3 is 2.53 bits per heavy atom. The van der Waals surface area contributed by atoms with Crippen molar-refractivity contribution in [2.75, 3.05) is 27.2 Å². The maximum absolute atomic E-state index is 12.9. The van der Waals surface area contributed by atoms with Crippen molar-refractivity contribution in [1.29, 1.82) is 0 Å². The zero-order chi connectivity index (χ0) is 20.9. The van der Waals surface area contributed by atoms with Crippen molar-refractivity contribution in [3.63, 3.8) is 0 Å². The van der Waals surface area contributed by atoms with Crippen molar-refractivity contribution in [3.8, 4) is 0 Å². The molecule has 1 N–H and O–H groups in total. The molecule has 0 radical (unpaired) electrons. The fourth-order valence-corrected chi connectivity index (χ4v) is 5.20. The van der Waals surface area contributed by atoms with Gasteiger partial charge in [-0.25, -0.2) is 8.42 Å². The van der Waals surface area contributed by atoms with Gasteiger partial charge in [0.2, 0.25) is 10.0 Å². The molecule has 0 atom stereocenters. The molecule has 9 heteroatoms. The fourth-order valence-electron chi connectivity index (χ4n) is 3.61. The van der Waals surface area contributed by atoms with Crippen LogP contribution < -0.4 is 5.32 Å². The molecular weight excluding hydrogens is 513 g/mol. The molecule has 1 aliphatic rings. The third-order valence-corrected chi connectivity index (χ3v) is 7.22. The van der Waals surface area contributed by atoms with Crippen molar-refractivity contribution in [1.82, 2.24) is 19.1 Å². The number of rotatable bonds is 6. The normalized spacial score (nSPS) is 15.5. The van der Waals surface area contributed by atoms with Crippen LogP contribution in [0.15, 0.2) is 52.5 Å². The lowest BCUT2D eigenvalue weighted by Gasteiger charge is -2.26. The molecule has 3 rings (SSSR count). The summed E-state index contributed by atoms with van der Waals surface area (Å²) in [7, 11) is 2.34. The van der Waals surface area contributed by atoms with Gasteiger partial charge in [-0.3, -0.25) is 4.99 Å². The Balaban J connectivity index is 0.00000320. The SMILES string of the molecule is CN=C(NCc1cccc(S(=O)(=O)N2CCCCC2)c1)N(C)Cc1cccn1C.I. The highest BCUT2D eigenvalue weighted by molar-refractivity contribution is 14.0. The molecule has 1 saturated heterocycles. The van der Waals surface area contributed by atoms with Crippen LogP contribution in [0.5, 0.6) is 0 Å². The summed E-state index contributed by atoms with van der Waals surface area (Å²) in [6, 6.07) is 11.3. The molecule has 1 aromatic heterocycles. The first kappa shape index (κ1) is 24.7. The lowest BCUT2D eigenvalue weighted by Crippen LogP contribution is -2.38. The Hall–Kier alpha value is -1.59. The van der Waals surface area contributed by atoms with Gasteiger partial charge in [0.1, 0.15) is 0 Å². The Morgan fingerprint density at radius 2 is 1.90 bits per heavy atom. The molecule has 0 amide bonds. The number of sulfonamides is 1. The van der Waals surface area contributed by atoms with Gasteiger partial charge < -0.3 is 14.8 Å². The second-order valence-corrected chi connectivity index (χ2v) is 9.42. The van der Waals surface area contributed by atoms with Gasteiger partial charge in [0.05, 0.1) is 11.4 Å². The molecule has 2 heterocycles. The quantitative estimate of drug-likeness (QED) is 0.344. The van der Waals surface area contributed by atoms with Gasteiger partial charge in [-0.2, -0.15) is 4.31 Å². The number of nitrogens with one attached hydrogen (secondary N) is 1. The number of hydrogen-bond acceptors (Lipinski definition) is 3. The van der Waals surface area contributed by atoms with E-state index in [4.69, 9.17) is 0 Å². The summed E-state index contributed by atoms with van der Waals surface area (Å²) in [6.45, 7) is 2.46. The van der Waals surface area contributed by atoms with E-state index in [1.807, 2.05) is 43.4 Å². The third-order valence-electron chi connectivity index (χ3n) is 5.33. The van der Waals surface area contributed by atoms with Crippen LogP contribution >= 0.6 is 24.0 Å². The Bertz CT molecular complexity index is 952. The van der Waals surface area contributed by atoms with Crippen LogP contribution in [0, 0.1) is 0 Å². The van der Waals surface area contributed by atoms with E-state index in [2.05, 4.69) is 20.9 Å². The smallest absolute Gasteiger partial charge is 0.243 e. The van der Waals surface area contributed by atoms with Crippen molar-refractivity contribution in [3.05, 3.63) is 53.9 Å². The number of guanidine groups is 1. The molecule has 7 nitrogen and oxygen atoms in total. The van der Waals surface area contributed by atoms with E-state index in [1.54, 1.807) is 23.5 Å². The summed E-state index contributed by atoms with van der Waals surface area (Å²) in [5, 5.41) is 3.33. The summed E-state index contributed by atoms with van der Waals surface area (Å²) < 4.78 is 29.5. The minimum absolute atomic E-state index is 0. The van der Waals surface area contributed by atoms with Crippen LogP contribution in [-0.4, -0.2) is 55.3 Å². The first-order chi connectivity index (χ1) is 13.9. The number of aliphatic imine (C=N–C) groups is 1. The summed E-state index contributed by atoms with van der Waals surface area (Å²) in [5.41, 5.74) is 2.10. The van der Waals surface area contributed by atoms with E-state index in [1.165, 1.54) is 5.69 Å². The van der Waals surface area contributed by atoms with Crippen LogP contribution in [0.25, 0.3) is 0 Å². The van der Waals surface area contributed by atoms with Crippen LogP contribution in [0.2, 0.25) is 0 Å². The number of benzene rings is 1. The van der Waals surface area contributed by atoms with Gasteiger partial charge in [-0.1, -0.05) is 18.6 Å². The van der Waals surface area contributed by atoms with Crippen molar-refractivity contribution in [2.24, 2.45) is 12.0 Å². The average molecular weight is 545 g/mol. The van der Waals surface area contributed by atoms with Gasteiger partial charge in [-0.05, 0) is 42.7 Å². The predicted molar refractivity (Wildman–Crippen MR) is 132 cm³/mol. The maximum atomic E-state index is 12.9. The second-order valence-electron chi connectivity index (χ2n) is 7.48. The molecular formula is C21H32IN5O2S. The molecule has 0 bridgehead atoms. The lowest BCUT2D eigenvalue weighted by atomic mass is 10.2. The number of nitrogens with zero attached hydrogens (tertiary/aromatic N) is 4. The monoisotopic (exact) mass is 545 g/mol. The summed E-state index contributed by atoms with van der Waals surface area (Å²) in [5.74, 6) is 0.760. The molecule has 1 aliphatic heterocycles. The number of aryl methyl sites for hydroxylation is 1. The van der Waals surface area contributed by atoms with E-state index in [0.717, 1.165) is 37.3 Å². The van der Waals surface area contributed by atoms with E-state index in [9.17, 15) is 8.42 Å². The number of piperidine rings is 1. The highest BCUT2D eigenvalue weighted by Gasteiger charge is 2.25.